The van der Waals surface area contributed by atoms with Crippen molar-refractivity contribution in [1.82, 2.24) is 5.32 Å². The molecule has 0 aromatic rings. The topological polar surface area (TPSA) is 49.3 Å². The van der Waals surface area contributed by atoms with Gasteiger partial charge in [-0.05, 0) is 32.1 Å². The minimum Gasteiger partial charge on any atom is -0.388 e. The van der Waals surface area contributed by atoms with Gasteiger partial charge in [0.15, 0.2) is 0 Å². The molecule has 3 heteroatoms. The molecule has 2 N–H and O–H groups in total. The summed E-state index contributed by atoms with van der Waals surface area (Å²) < 4.78 is 0. The predicted molar refractivity (Wildman–Crippen MR) is 56.5 cm³/mol. The van der Waals surface area contributed by atoms with E-state index in [0.29, 0.717) is 12.3 Å². The molecule has 0 aromatic heterocycles. The Hall–Kier alpha value is -1.01. The van der Waals surface area contributed by atoms with Crippen LogP contribution in [0.3, 0.4) is 0 Å². The van der Waals surface area contributed by atoms with E-state index in [1.54, 1.807) is 13.8 Å². The van der Waals surface area contributed by atoms with Crippen LogP contribution in [0.2, 0.25) is 0 Å². The van der Waals surface area contributed by atoms with Crippen LogP contribution in [0.1, 0.15) is 34.1 Å². The van der Waals surface area contributed by atoms with Gasteiger partial charge in [0.05, 0.1) is 5.60 Å². The smallest absolute Gasteiger partial charge is 0.295 e. The molecule has 3 nitrogen and oxygen atoms in total. The zero-order chi connectivity index (χ0) is 11.2. The van der Waals surface area contributed by atoms with E-state index >= 15 is 0 Å². The summed E-state index contributed by atoms with van der Waals surface area (Å²) >= 11 is 0. The summed E-state index contributed by atoms with van der Waals surface area (Å²) in [5.74, 6) is 4.93. The van der Waals surface area contributed by atoms with E-state index in [9.17, 15) is 9.90 Å². The molecule has 0 heterocycles. The van der Waals surface area contributed by atoms with Crippen molar-refractivity contribution in [1.29, 1.82) is 0 Å². The number of hydrogen-bond acceptors (Lipinski definition) is 2. The van der Waals surface area contributed by atoms with E-state index < -0.39 is 5.60 Å². The summed E-state index contributed by atoms with van der Waals surface area (Å²) in [6, 6.07) is 0. The predicted octanol–water partition coefficient (Wildman–Crippen LogP) is 0.923. The molecule has 0 bridgehead atoms. The maximum Gasteiger partial charge on any atom is 0.295 e. The molecule has 0 aliphatic heterocycles. The van der Waals surface area contributed by atoms with Gasteiger partial charge in [-0.3, -0.25) is 4.79 Å². The Labute approximate surface area is 85.9 Å². The Balaban J connectivity index is 3.96. The molecule has 0 rings (SSSR count). The first-order chi connectivity index (χ1) is 6.37. The van der Waals surface area contributed by atoms with Gasteiger partial charge in [-0.2, -0.15) is 0 Å². The van der Waals surface area contributed by atoms with Crippen LogP contribution in [0.5, 0.6) is 0 Å². The summed E-state index contributed by atoms with van der Waals surface area (Å²) in [5.41, 5.74) is -0.848. The van der Waals surface area contributed by atoms with Crippen LogP contribution in [0.4, 0.5) is 0 Å². The highest BCUT2D eigenvalue weighted by molar-refractivity contribution is 5.93. The van der Waals surface area contributed by atoms with Crippen molar-refractivity contribution < 1.29 is 9.90 Å². The maximum absolute atomic E-state index is 11.0. The van der Waals surface area contributed by atoms with Gasteiger partial charge < -0.3 is 10.4 Å². The van der Waals surface area contributed by atoms with Gasteiger partial charge in [0.25, 0.3) is 5.91 Å². The first kappa shape index (κ1) is 13.0. The highest BCUT2D eigenvalue weighted by Crippen LogP contribution is 2.14. The van der Waals surface area contributed by atoms with Crippen LogP contribution >= 0.6 is 0 Å². The van der Waals surface area contributed by atoms with Crippen LogP contribution in [0, 0.1) is 17.8 Å². The SMILES string of the molecule is CC#CC(=O)NCC(C)(O)CC(C)C. The third kappa shape index (κ3) is 6.50. The average Bonchev–Trinajstić information content (AvgIpc) is 1.99. The normalized spacial score (nSPS) is 14.1. The van der Waals surface area contributed by atoms with Crippen LogP contribution < -0.4 is 5.32 Å². The van der Waals surface area contributed by atoms with Crippen molar-refractivity contribution >= 4 is 5.91 Å². The monoisotopic (exact) mass is 197 g/mol. The standard InChI is InChI=1S/C11H19NO2/c1-5-6-10(13)12-8-11(4,14)7-9(2)3/h9,14H,7-8H2,1-4H3,(H,12,13). The molecule has 14 heavy (non-hydrogen) atoms. The Kier molecular flexibility index (Phi) is 5.26. The molecule has 0 aliphatic carbocycles. The summed E-state index contributed by atoms with van der Waals surface area (Å²) in [6.07, 6.45) is 0.660. The highest BCUT2D eigenvalue weighted by Gasteiger charge is 2.21. The van der Waals surface area contributed by atoms with E-state index in [1.165, 1.54) is 0 Å². The van der Waals surface area contributed by atoms with E-state index in [2.05, 4.69) is 17.2 Å². The minimum atomic E-state index is -0.848. The van der Waals surface area contributed by atoms with Crippen LogP contribution in [0.15, 0.2) is 0 Å². The van der Waals surface area contributed by atoms with Gasteiger partial charge in [0, 0.05) is 6.54 Å². The molecule has 0 saturated carbocycles. The fraction of sp³-hybridized carbons (Fsp3) is 0.727. The van der Waals surface area contributed by atoms with E-state index in [-0.39, 0.29) is 12.5 Å². The zero-order valence-corrected chi connectivity index (χ0v) is 9.35. The summed E-state index contributed by atoms with van der Waals surface area (Å²) in [6.45, 7) is 7.63. The van der Waals surface area contributed by atoms with Gasteiger partial charge in [-0.15, -0.1) is 0 Å². The van der Waals surface area contributed by atoms with E-state index in [1.807, 2.05) is 13.8 Å². The molecular formula is C11H19NO2. The number of aliphatic hydroxyl groups is 1. The number of carbonyl (C=O) groups is 1. The largest absolute Gasteiger partial charge is 0.388 e. The van der Waals surface area contributed by atoms with Gasteiger partial charge >= 0.3 is 0 Å². The third-order valence-corrected chi connectivity index (χ3v) is 1.72. The van der Waals surface area contributed by atoms with Crippen molar-refractivity contribution in [3.05, 3.63) is 0 Å². The van der Waals surface area contributed by atoms with Crippen molar-refractivity contribution in [2.75, 3.05) is 6.54 Å². The van der Waals surface area contributed by atoms with Crippen molar-refractivity contribution in [3.8, 4) is 11.8 Å². The Morgan fingerprint density at radius 1 is 1.57 bits per heavy atom. The lowest BCUT2D eigenvalue weighted by molar-refractivity contribution is -0.116. The van der Waals surface area contributed by atoms with E-state index in [0.717, 1.165) is 0 Å². The van der Waals surface area contributed by atoms with Crippen LogP contribution in [-0.2, 0) is 4.79 Å². The number of carbonyl (C=O) groups excluding carboxylic acids is 1. The lowest BCUT2D eigenvalue weighted by Crippen LogP contribution is -2.41. The van der Waals surface area contributed by atoms with Crippen LogP contribution in [-0.4, -0.2) is 23.2 Å². The second-order valence-electron chi connectivity index (χ2n) is 4.15. The molecule has 80 valence electrons. The first-order valence-corrected chi connectivity index (χ1v) is 4.80. The second-order valence-corrected chi connectivity index (χ2v) is 4.15. The number of amides is 1. The molecule has 0 radical (unpaired) electrons. The summed E-state index contributed by atoms with van der Waals surface area (Å²) in [5, 5.41) is 12.4. The molecule has 0 fully saturated rings. The summed E-state index contributed by atoms with van der Waals surface area (Å²) in [4.78, 5) is 11.0. The molecule has 0 spiro atoms. The van der Waals surface area contributed by atoms with Crippen molar-refractivity contribution in [3.63, 3.8) is 0 Å². The molecule has 1 atom stereocenters. The molecule has 1 amide bonds. The quantitative estimate of drug-likeness (QED) is 0.658. The highest BCUT2D eigenvalue weighted by atomic mass is 16.3. The second kappa shape index (κ2) is 5.66. The molecule has 0 saturated heterocycles. The fourth-order valence-electron chi connectivity index (χ4n) is 1.38. The van der Waals surface area contributed by atoms with Gasteiger partial charge in [-0.25, -0.2) is 0 Å². The zero-order valence-electron chi connectivity index (χ0n) is 9.35. The molecular weight excluding hydrogens is 178 g/mol. The minimum absolute atomic E-state index is 0.249. The van der Waals surface area contributed by atoms with Crippen molar-refractivity contribution in [2.24, 2.45) is 5.92 Å². The average molecular weight is 197 g/mol. The van der Waals surface area contributed by atoms with Crippen LogP contribution in [0.25, 0.3) is 0 Å². The van der Waals surface area contributed by atoms with Crippen molar-refractivity contribution in [2.45, 2.75) is 39.7 Å². The Morgan fingerprint density at radius 2 is 2.14 bits per heavy atom. The Morgan fingerprint density at radius 3 is 2.57 bits per heavy atom. The molecule has 0 aromatic carbocycles. The lowest BCUT2D eigenvalue weighted by atomic mass is 9.94. The van der Waals surface area contributed by atoms with Gasteiger partial charge in [0.2, 0.25) is 0 Å². The number of hydrogen-bond donors (Lipinski definition) is 2. The van der Waals surface area contributed by atoms with Gasteiger partial charge in [0.1, 0.15) is 0 Å². The fourth-order valence-corrected chi connectivity index (χ4v) is 1.38. The third-order valence-electron chi connectivity index (χ3n) is 1.72. The molecule has 1 unspecified atom stereocenters. The maximum atomic E-state index is 11.0. The van der Waals surface area contributed by atoms with E-state index in [4.69, 9.17) is 0 Å². The molecule has 0 aliphatic rings. The lowest BCUT2D eigenvalue weighted by Gasteiger charge is -2.24. The number of rotatable bonds is 4. The first-order valence-electron chi connectivity index (χ1n) is 4.80. The van der Waals surface area contributed by atoms with Gasteiger partial charge in [-0.1, -0.05) is 19.8 Å². The summed E-state index contributed by atoms with van der Waals surface area (Å²) in [7, 11) is 0. The Bertz CT molecular complexity index is 246. The number of nitrogens with one attached hydrogen (secondary N) is 1.